The van der Waals surface area contributed by atoms with E-state index in [0.717, 1.165) is 5.75 Å². The van der Waals surface area contributed by atoms with Crippen LogP contribution in [0.25, 0.3) is 0 Å². The molecule has 1 amide bonds. The highest BCUT2D eigenvalue weighted by Crippen LogP contribution is 2.17. The van der Waals surface area contributed by atoms with Crippen LogP contribution in [-0.4, -0.2) is 52.5 Å². The van der Waals surface area contributed by atoms with Gasteiger partial charge in [0.25, 0.3) is 0 Å². The SMILES string of the molecule is O=C(CN1CCSCC1C(=O)O)Nc1ccccc1F. The molecule has 108 valence electrons. The molecule has 0 aromatic heterocycles. The molecule has 0 saturated carbocycles. The van der Waals surface area contributed by atoms with Crippen molar-refractivity contribution in [1.82, 2.24) is 4.90 Å². The van der Waals surface area contributed by atoms with E-state index in [2.05, 4.69) is 5.32 Å². The predicted molar refractivity (Wildman–Crippen MR) is 75.4 cm³/mol. The van der Waals surface area contributed by atoms with Gasteiger partial charge in [0, 0.05) is 18.1 Å². The summed E-state index contributed by atoms with van der Waals surface area (Å²) in [4.78, 5) is 24.6. The van der Waals surface area contributed by atoms with Crippen molar-refractivity contribution >= 4 is 29.3 Å². The van der Waals surface area contributed by atoms with Crippen LogP contribution in [0.5, 0.6) is 0 Å². The number of amides is 1. The number of carbonyl (C=O) groups excluding carboxylic acids is 1. The molecule has 1 aromatic rings. The Morgan fingerprint density at radius 1 is 1.45 bits per heavy atom. The van der Waals surface area contributed by atoms with Crippen molar-refractivity contribution in [2.45, 2.75) is 6.04 Å². The van der Waals surface area contributed by atoms with Gasteiger partial charge in [0.2, 0.25) is 5.91 Å². The van der Waals surface area contributed by atoms with Gasteiger partial charge in [-0.3, -0.25) is 14.5 Å². The molecule has 0 spiro atoms. The maximum atomic E-state index is 13.4. The molecular weight excluding hydrogens is 283 g/mol. The summed E-state index contributed by atoms with van der Waals surface area (Å²) in [5.74, 6) is -0.604. The fourth-order valence-electron chi connectivity index (χ4n) is 1.99. The summed E-state index contributed by atoms with van der Waals surface area (Å²) in [6, 6.07) is 5.21. The molecule has 7 heteroatoms. The largest absolute Gasteiger partial charge is 0.480 e. The second-order valence-electron chi connectivity index (χ2n) is 4.43. The third kappa shape index (κ3) is 3.71. The lowest BCUT2D eigenvalue weighted by Crippen LogP contribution is -2.50. The van der Waals surface area contributed by atoms with Crippen LogP contribution in [0.2, 0.25) is 0 Å². The standard InChI is InChI=1S/C13H15FN2O3S/c14-9-3-1-2-4-10(9)15-12(17)7-16-5-6-20-8-11(16)13(18)19/h1-4,11H,5-8H2,(H,15,17)(H,18,19). The molecule has 0 bridgehead atoms. The lowest BCUT2D eigenvalue weighted by atomic mass is 10.2. The number of para-hydroxylation sites is 1. The van der Waals surface area contributed by atoms with Crippen LogP contribution in [-0.2, 0) is 9.59 Å². The minimum absolute atomic E-state index is 0.0497. The van der Waals surface area contributed by atoms with Crippen LogP contribution in [0, 0.1) is 5.82 Å². The highest BCUT2D eigenvalue weighted by atomic mass is 32.2. The number of halogens is 1. The maximum absolute atomic E-state index is 13.4. The number of nitrogens with zero attached hydrogens (tertiary/aromatic N) is 1. The van der Waals surface area contributed by atoms with E-state index in [0.29, 0.717) is 12.3 Å². The minimum Gasteiger partial charge on any atom is -0.480 e. The van der Waals surface area contributed by atoms with Gasteiger partial charge in [0.05, 0.1) is 12.2 Å². The van der Waals surface area contributed by atoms with Crippen LogP contribution in [0.3, 0.4) is 0 Å². The third-order valence-electron chi connectivity index (χ3n) is 3.02. The molecule has 0 aliphatic carbocycles. The van der Waals surface area contributed by atoms with E-state index in [-0.39, 0.29) is 12.2 Å². The number of benzene rings is 1. The number of aliphatic carboxylic acids is 1. The molecule has 20 heavy (non-hydrogen) atoms. The first-order valence-corrected chi connectivity index (χ1v) is 7.32. The number of carbonyl (C=O) groups is 2. The quantitative estimate of drug-likeness (QED) is 0.876. The second kappa shape index (κ2) is 6.71. The minimum atomic E-state index is -0.934. The molecule has 1 aliphatic heterocycles. The summed E-state index contributed by atoms with van der Waals surface area (Å²) in [5.41, 5.74) is 0.107. The van der Waals surface area contributed by atoms with Crippen LogP contribution in [0.15, 0.2) is 24.3 Å². The molecule has 1 unspecified atom stereocenters. The molecule has 1 atom stereocenters. The van der Waals surface area contributed by atoms with Gasteiger partial charge in [-0.2, -0.15) is 11.8 Å². The van der Waals surface area contributed by atoms with Crippen LogP contribution in [0.1, 0.15) is 0 Å². The van der Waals surface area contributed by atoms with Gasteiger partial charge in [0.1, 0.15) is 11.9 Å². The molecule has 1 aliphatic rings. The molecule has 1 fully saturated rings. The first kappa shape index (κ1) is 14.8. The Hall–Kier alpha value is -1.60. The Balaban J connectivity index is 1.96. The number of carboxylic acid groups (broad SMARTS) is 1. The highest BCUT2D eigenvalue weighted by Gasteiger charge is 2.30. The van der Waals surface area contributed by atoms with Crippen molar-refractivity contribution in [2.75, 3.05) is 29.9 Å². The first-order chi connectivity index (χ1) is 9.58. The summed E-state index contributed by atoms with van der Waals surface area (Å²) >= 11 is 1.55. The number of thioether (sulfide) groups is 1. The van der Waals surface area contributed by atoms with Crippen molar-refractivity contribution in [1.29, 1.82) is 0 Å². The highest BCUT2D eigenvalue weighted by molar-refractivity contribution is 7.99. The number of rotatable bonds is 4. The number of anilines is 1. The van der Waals surface area contributed by atoms with Crippen molar-refractivity contribution in [2.24, 2.45) is 0 Å². The molecule has 1 heterocycles. The molecule has 5 nitrogen and oxygen atoms in total. The average molecular weight is 298 g/mol. The van der Waals surface area contributed by atoms with E-state index >= 15 is 0 Å². The average Bonchev–Trinajstić information content (AvgIpc) is 2.41. The summed E-state index contributed by atoms with van der Waals surface area (Å²) in [6.45, 7) is 0.484. The van der Waals surface area contributed by atoms with Gasteiger partial charge in [-0.05, 0) is 12.1 Å². The van der Waals surface area contributed by atoms with Crippen molar-refractivity contribution in [3.8, 4) is 0 Å². The van der Waals surface area contributed by atoms with Crippen LogP contribution >= 0.6 is 11.8 Å². The van der Waals surface area contributed by atoms with Gasteiger partial charge in [0.15, 0.2) is 0 Å². The fraction of sp³-hybridized carbons (Fsp3) is 0.385. The zero-order chi connectivity index (χ0) is 14.5. The Kier molecular flexibility index (Phi) is 4.97. The summed E-state index contributed by atoms with van der Waals surface area (Å²) < 4.78 is 13.4. The van der Waals surface area contributed by atoms with Crippen molar-refractivity contribution in [3.63, 3.8) is 0 Å². The second-order valence-corrected chi connectivity index (χ2v) is 5.58. The molecule has 1 aromatic carbocycles. The van der Waals surface area contributed by atoms with Crippen LogP contribution < -0.4 is 5.32 Å². The lowest BCUT2D eigenvalue weighted by Gasteiger charge is -2.31. The maximum Gasteiger partial charge on any atom is 0.321 e. The van der Waals surface area contributed by atoms with Gasteiger partial charge in [-0.15, -0.1) is 0 Å². The van der Waals surface area contributed by atoms with Gasteiger partial charge in [-0.25, -0.2) is 4.39 Å². The lowest BCUT2D eigenvalue weighted by molar-refractivity contribution is -0.142. The zero-order valence-electron chi connectivity index (χ0n) is 10.7. The number of hydrogen-bond acceptors (Lipinski definition) is 4. The number of nitrogens with one attached hydrogen (secondary N) is 1. The van der Waals surface area contributed by atoms with Gasteiger partial charge in [-0.1, -0.05) is 12.1 Å². The Bertz CT molecular complexity index is 512. The van der Waals surface area contributed by atoms with E-state index in [9.17, 15) is 14.0 Å². The molecular formula is C13H15FN2O3S. The van der Waals surface area contributed by atoms with E-state index in [1.165, 1.54) is 18.2 Å². The smallest absolute Gasteiger partial charge is 0.321 e. The van der Waals surface area contributed by atoms with E-state index in [1.54, 1.807) is 22.7 Å². The zero-order valence-corrected chi connectivity index (χ0v) is 11.5. The number of carboxylic acids is 1. The molecule has 0 radical (unpaired) electrons. The normalized spacial score (nSPS) is 19.6. The Morgan fingerprint density at radius 2 is 2.20 bits per heavy atom. The Labute approximate surface area is 120 Å². The van der Waals surface area contributed by atoms with E-state index in [1.807, 2.05) is 0 Å². The summed E-state index contributed by atoms with van der Waals surface area (Å²) in [5, 5.41) is 11.6. The van der Waals surface area contributed by atoms with Gasteiger partial charge < -0.3 is 10.4 Å². The molecule has 2 N–H and O–H groups in total. The topological polar surface area (TPSA) is 69.6 Å². The van der Waals surface area contributed by atoms with E-state index in [4.69, 9.17) is 5.11 Å². The van der Waals surface area contributed by atoms with Crippen LogP contribution in [0.4, 0.5) is 10.1 Å². The predicted octanol–water partition coefficient (Wildman–Crippen LogP) is 1.27. The monoisotopic (exact) mass is 298 g/mol. The van der Waals surface area contributed by atoms with Crippen molar-refractivity contribution in [3.05, 3.63) is 30.1 Å². The molecule has 2 rings (SSSR count). The third-order valence-corrected chi connectivity index (χ3v) is 4.04. The summed E-state index contributed by atoms with van der Waals surface area (Å²) in [6.07, 6.45) is 0. The van der Waals surface area contributed by atoms with Gasteiger partial charge >= 0.3 is 5.97 Å². The number of hydrogen-bond donors (Lipinski definition) is 2. The molecule has 1 saturated heterocycles. The van der Waals surface area contributed by atoms with Crippen molar-refractivity contribution < 1.29 is 19.1 Å². The first-order valence-electron chi connectivity index (χ1n) is 6.17. The Morgan fingerprint density at radius 3 is 2.90 bits per heavy atom. The fourth-order valence-corrected chi connectivity index (χ4v) is 3.10. The van der Waals surface area contributed by atoms with E-state index < -0.39 is 23.7 Å². The summed E-state index contributed by atoms with van der Waals surface area (Å²) in [7, 11) is 0.